The van der Waals surface area contributed by atoms with Crippen molar-refractivity contribution < 1.29 is 9.90 Å². The van der Waals surface area contributed by atoms with Gasteiger partial charge in [0.1, 0.15) is 5.69 Å². The van der Waals surface area contributed by atoms with Gasteiger partial charge in [0, 0.05) is 5.92 Å². The second-order valence-electron chi connectivity index (χ2n) is 2.12. The Morgan fingerprint density at radius 1 is 1.50 bits per heavy atom. The Morgan fingerprint density at radius 2 is 2.25 bits per heavy atom. The Labute approximate surface area is 69.3 Å². The van der Waals surface area contributed by atoms with Crippen LogP contribution in [0.25, 0.3) is 0 Å². The zero-order valence-corrected chi connectivity index (χ0v) is 6.40. The Morgan fingerprint density at radius 3 is 2.75 bits per heavy atom. The van der Waals surface area contributed by atoms with Gasteiger partial charge in [-0.15, -0.1) is 5.10 Å². The third kappa shape index (κ3) is 2.39. The minimum atomic E-state index is -1.17. The van der Waals surface area contributed by atoms with E-state index in [0.29, 0.717) is 5.69 Å². The normalized spacial score (nSPS) is 8.42. The number of hydrogen-bond acceptors (Lipinski definition) is 3. The molecule has 1 aromatic heterocycles. The lowest BCUT2D eigenvalue weighted by Crippen LogP contribution is -1.91. The highest BCUT2D eigenvalue weighted by Crippen LogP contribution is 1.91. The zero-order valence-electron chi connectivity index (χ0n) is 6.40. The molecular formula is C8H6N2O2. The number of carboxylic acid groups (broad SMARTS) is 1. The van der Waals surface area contributed by atoms with Crippen molar-refractivity contribution in [2.75, 3.05) is 0 Å². The lowest BCUT2D eigenvalue weighted by Gasteiger charge is -1.87. The molecule has 0 bridgehead atoms. The van der Waals surface area contributed by atoms with E-state index in [9.17, 15) is 4.79 Å². The smallest absolute Gasteiger partial charge is 0.382 e. The van der Waals surface area contributed by atoms with Crippen LogP contribution in [0.1, 0.15) is 11.4 Å². The van der Waals surface area contributed by atoms with E-state index in [1.165, 1.54) is 0 Å². The van der Waals surface area contributed by atoms with Crippen molar-refractivity contribution in [1.82, 2.24) is 10.2 Å². The number of carboxylic acids is 1. The molecule has 12 heavy (non-hydrogen) atoms. The summed E-state index contributed by atoms with van der Waals surface area (Å²) >= 11 is 0. The van der Waals surface area contributed by atoms with Gasteiger partial charge in [-0.25, -0.2) is 4.79 Å². The maximum Gasteiger partial charge on any atom is 0.382 e. The molecule has 0 atom stereocenters. The summed E-state index contributed by atoms with van der Waals surface area (Å²) in [4.78, 5) is 10.0. The van der Waals surface area contributed by atoms with Crippen LogP contribution in [0.4, 0.5) is 0 Å². The highest BCUT2D eigenvalue weighted by atomic mass is 16.4. The Balaban J connectivity index is 2.86. The van der Waals surface area contributed by atoms with E-state index in [-0.39, 0.29) is 0 Å². The van der Waals surface area contributed by atoms with Crippen LogP contribution in [0.2, 0.25) is 0 Å². The van der Waals surface area contributed by atoms with Crippen LogP contribution < -0.4 is 0 Å². The number of hydrogen-bond donors (Lipinski definition) is 1. The summed E-state index contributed by atoms with van der Waals surface area (Å²) in [6, 6.07) is 3.34. The molecule has 4 heteroatoms. The predicted octanol–water partition coefficient (Wildman–Crippen LogP) is 0.221. The second kappa shape index (κ2) is 3.49. The van der Waals surface area contributed by atoms with Crippen LogP contribution in [0, 0.1) is 18.8 Å². The molecule has 0 aliphatic carbocycles. The van der Waals surface area contributed by atoms with E-state index >= 15 is 0 Å². The third-order valence-corrected chi connectivity index (χ3v) is 1.10. The summed E-state index contributed by atoms with van der Waals surface area (Å²) in [7, 11) is 0. The molecule has 0 fully saturated rings. The van der Waals surface area contributed by atoms with E-state index < -0.39 is 5.97 Å². The Kier molecular flexibility index (Phi) is 2.38. The van der Waals surface area contributed by atoms with Crippen LogP contribution in [0.5, 0.6) is 0 Å². The van der Waals surface area contributed by atoms with E-state index in [0.717, 1.165) is 5.69 Å². The lowest BCUT2D eigenvalue weighted by atomic mass is 10.3. The molecular weight excluding hydrogens is 156 g/mol. The van der Waals surface area contributed by atoms with Crippen molar-refractivity contribution in [3.8, 4) is 11.8 Å². The van der Waals surface area contributed by atoms with Gasteiger partial charge in [0.05, 0.1) is 5.69 Å². The first-order chi connectivity index (χ1) is 5.68. The second-order valence-corrected chi connectivity index (χ2v) is 2.12. The monoisotopic (exact) mass is 162 g/mol. The van der Waals surface area contributed by atoms with Crippen LogP contribution in [-0.2, 0) is 4.79 Å². The SMILES string of the molecule is Cc1ccc(C#CC(=O)O)nn1. The first kappa shape index (κ1) is 8.21. The summed E-state index contributed by atoms with van der Waals surface area (Å²) < 4.78 is 0. The summed E-state index contributed by atoms with van der Waals surface area (Å²) in [5, 5.41) is 15.6. The van der Waals surface area contributed by atoms with E-state index in [4.69, 9.17) is 5.11 Å². The standard InChI is InChI=1S/C8H6N2O2/c1-6-2-3-7(10-9-6)4-5-8(11)12/h2-3H,1H3,(H,11,12). The average molecular weight is 162 g/mol. The molecule has 0 aliphatic heterocycles. The van der Waals surface area contributed by atoms with Gasteiger partial charge < -0.3 is 5.11 Å². The maximum absolute atomic E-state index is 10.0. The molecule has 1 rings (SSSR count). The molecule has 0 amide bonds. The number of rotatable bonds is 0. The van der Waals surface area contributed by atoms with Crippen molar-refractivity contribution in [3.63, 3.8) is 0 Å². The number of aryl methyl sites for hydroxylation is 1. The van der Waals surface area contributed by atoms with E-state index in [1.807, 2.05) is 5.92 Å². The van der Waals surface area contributed by atoms with Gasteiger partial charge in [-0.1, -0.05) is 0 Å². The fraction of sp³-hybridized carbons (Fsp3) is 0.125. The van der Waals surface area contributed by atoms with E-state index in [1.54, 1.807) is 19.1 Å². The average Bonchev–Trinajstić information content (AvgIpc) is 2.03. The van der Waals surface area contributed by atoms with E-state index in [2.05, 4.69) is 16.1 Å². The number of aromatic nitrogens is 2. The molecule has 0 saturated carbocycles. The maximum atomic E-state index is 10.0. The van der Waals surface area contributed by atoms with Gasteiger partial charge >= 0.3 is 5.97 Å². The minimum absolute atomic E-state index is 0.364. The summed E-state index contributed by atoms with van der Waals surface area (Å²) in [6.45, 7) is 1.79. The molecule has 0 spiro atoms. The lowest BCUT2D eigenvalue weighted by molar-refractivity contribution is -0.130. The van der Waals surface area contributed by atoms with Crippen molar-refractivity contribution in [2.24, 2.45) is 0 Å². The molecule has 1 aromatic rings. The third-order valence-electron chi connectivity index (χ3n) is 1.10. The predicted molar refractivity (Wildman–Crippen MR) is 41.3 cm³/mol. The summed E-state index contributed by atoms with van der Waals surface area (Å²) in [6.07, 6.45) is 0. The Hall–Kier alpha value is -1.89. The first-order valence-corrected chi connectivity index (χ1v) is 3.24. The number of aliphatic carboxylic acids is 1. The van der Waals surface area contributed by atoms with Gasteiger partial charge in [-0.3, -0.25) is 0 Å². The molecule has 1 N–H and O–H groups in total. The molecule has 4 nitrogen and oxygen atoms in total. The molecule has 0 radical (unpaired) electrons. The van der Waals surface area contributed by atoms with Gasteiger partial charge in [-0.05, 0) is 25.0 Å². The van der Waals surface area contributed by atoms with Crippen molar-refractivity contribution in [1.29, 1.82) is 0 Å². The fourth-order valence-electron chi connectivity index (χ4n) is 0.583. The van der Waals surface area contributed by atoms with Crippen LogP contribution in [0.15, 0.2) is 12.1 Å². The highest BCUT2D eigenvalue weighted by Gasteiger charge is 1.89. The summed E-state index contributed by atoms with van der Waals surface area (Å²) in [5.41, 5.74) is 1.14. The van der Waals surface area contributed by atoms with Gasteiger partial charge in [0.2, 0.25) is 0 Å². The molecule has 60 valence electrons. The fourth-order valence-corrected chi connectivity index (χ4v) is 0.583. The highest BCUT2D eigenvalue weighted by molar-refractivity contribution is 5.87. The minimum Gasteiger partial charge on any atom is -0.472 e. The molecule has 0 aliphatic rings. The van der Waals surface area contributed by atoms with Crippen molar-refractivity contribution >= 4 is 5.97 Å². The summed E-state index contributed by atoms with van der Waals surface area (Å²) in [5.74, 6) is 3.12. The molecule has 0 aromatic carbocycles. The van der Waals surface area contributed by atoms with Gasteiger partial charge in [0.25, 0.3) is 0 Å². The van der Waals surface area contributed by atoms with Crippen LogP contribution in [-0.4, -0.2) is 21.3 Å². The molecule has 0 unspecified atom stereocenters. The number of nitrogens with zero attached hydrogens (tertiary/aromatic N) is 2. The molecule has 1 heterocycles. The largest absolute Gasteiger partial charge is 0.472 e. The van der Waals surface area contributed by atoms with Crippen LogP contribution >= 0.6 is 0 Å². The van der Waals surface area contributed by atoms with Crippen LogP contribution in [0.3, 0.4) is 0 Å². The van der Waals surface area contributed by atoms with Gasteiger partial charge in [0.15, 0.2) is 0 Å². The first-order valence-electron chi connectivity index (χ1n) is 3.24. The topological polar surface area (TPSA) is 63.1 Å². The van der Waals surface area contributed by atoms with Crippen molar-refractivity contribution in [2.45, 2.75) is 6.92 Å². The van der Waals surface area contributed by atoms with Gasteiger partial charge in [-0.2, -0.15) is 5.10 Å². The van der Waals surface area contributed by atoms with Crippen molar-refractivity contribution in [3.05, 3.63) is 23.5 Å². The Bertz CT molecular complexity index is 346. The molecule has 0 saturated heterocycles. The quantitative estimate of drug-likeness (QED) is 0.554. The number of carbonyl (C=O) groups is 1. The zero-order chi connectivity index (χ0) is 8.97.